The van der Waals surface area contributed by atoms with Gasteiger partial charge in [0.15, 0.2) is 0 Å². The predicted octanol–water partition coefficient (Wildman–Crippen LogP) is 7.52. The molecule has 3 aromatic carbocycles. The third-order valence-corrected chi connectivity index (χ3v) is 12.9. The summed E-state index contributed by atoms with van der Waals surface area (Å²) < 4.78 is 14.8. The summed E-state index contributed by atoms with van der Waals surface area (Å²) in [7, 11) is -2.71. The molecule has 0 saturated heterocycles. The van der Waals surface area contributed by atoms with Crippen LogP contribution in [0.4, 0.5) is 0 Å². The lowest BCUT2D eigenvalue weighted by molar-refractivity contribution is 0.286. The van der Waals surface area contributed by atoms with Gasteiger partial charge in [0.05, 0.1) is 17.6 Å². The molecule has 6 aromatic rings. The molecule has 0 amide bonds. The highest BCUT2D eigenvalue weighted by Gasteiger charge is 2.50. The van der Waals surface area contributed by atoms with Gasteiger partial charge in [0.2, 0.25) is 6.39 Å². The standard InChI is InChI=1S/C33H30Cl2N4O2Si/c1-33(2,3)42(26-10-6-4-7-11-26,27-12-8-5-9-13-27)41-21-24-16-23(17-25(34)18-24)20-39-29-14-15-31(35)37-28(29)19-30(39)32-38-36-22-40-32/h4-19,22H,20-21H2,1-3H3. The normalized spacial score (nSPS) is 12.2. The van der Waals surface area contributed by atoms with E-state index in [9.17, 15) is 0 Å². The van der Waals surface area contributed by atoms with Gasteiger partial charge in [0.1, 0.15) is 10.8 Å². The minimum absolute atomic E-state index is 0.131. The average Bonchev–Trinajstić information content (AvgIpc) is 3.62. The van der Waals surface area contributed by atoms with Gasteiger partial charge in [0, 0.05) is 11.6 Å². The fourth-order valence-electron chi connectivity index (χ4n) is 5.77. The molecular weight excluding hydrogens is 583 g/mol. The molecule has 0 aliphatic carbocycles. The number of fused-ring (bicyclic) bond motifs is 1. The number of nitrogens with zero attached hydrogens (tertiary/aromatic N) is 4. The second kappa shape index (κ2) is 11.5. The summed E-state index contributed by atoms with van der Waals surface area (Å²) in [6.45, 7) is 7.76. The second-order valence-corrected chi connectivity index (χ2v) is 16.4. The summed E-state index contributed by atoms with van der Waals surface area (Å²) in [4.78, 5) is 4.49. The molecule has 6 rings (SSSR count). The van der Waals surface area contributed by atoms with Gasteiger partial charge in [-0.25, -0.2) is 4.98 Å². The highest BCUT2D eigenvalue weighted by atomic mass is 35.5. The summed E-state index contributed by atoms with van der Waals surface area (Å²) >= 11 is 12.9. The zero-order chi connectivity index (χ0) is 29.3. The van der Waals surface area contributed by atoms with Crippen LogP contribution >= 0.6 is 23.2 Å². The Hall–Kier alpha value is -3.75. The van der Waals surface area contributed by atoms with Crippen LogP contribution in [-0.2, 0) is 17.6 Å². The van der Waals surface area contributed by atoms with Gasteiger partial charge < -0.3 is 13.4 Å². The van der Waals surface area contributed by atoms with Crippen molar-refractivity contribution in [3.63, 3.8) is 0 Å². The summed E-state index contributed by atoms with van der Waals surface area (Å²) in [6.07, 6.45) is 1.32. The Morgan fingerprint density at radius 3 is 2.12 bits per heavy atom. The Bertz CT molecular complexity index is 1780. The largest absolute Gasteiger partial charge is 0.422 e. The van der Waals surface area contributed by atoms with Crippen molar-refractivity contribution in [2.24, 2.45) is 0 Å². The maximum atomic E-state index is 7.18. The molecule has 9 heteroatoms. The molecule has 6 nitrogen and oxygen atoms in total. The zero-order valence-electron chi connectivity index (χ0n) is 23.6. The fraction of sp³-hybridized carbons (Fsp3) is 0.182. The topological polar surface area (TPSA) is 66.0 Å². The third-order valence-electron chi connectivity index (χ3n) is 7.53. The molecule has 212 valence electrons. The molecule has 0 saturated carbocycles. The fourth-order valence-corrected chi connectivity index (χ4v) is 10.7. The van der Waals surface area contributed by atoms with Crippen LogP contribution in [0.5, 0.6) is 0 Å². The number of hydrogen-bond acceptors (Lipinski definition) is 5. The van der Waals surface area contributed by atoms with Crippen molar-refractivity contribution in [2.45, 2.75) is 39.0 Å². The maximum Gasteiger partial charge on any atom is 0.264 e. The first-order valence-corrected chi connectivity index (χ1v) is 16.4. The molecule has 0 unspecified atom stereocenters. The van der Waals surface area contributed by atoms with E-state index in [0.717, 1.165) is 27.9 Å². The van der Waals surface area contributed by atoms with Crippen LogP contribution in [0.25, 0.3) is 22.6 Å². The molecule has 0 atom stereocenters. The number of rotatable bonds is 8. The first-order valence-electron chi connectivity index (χ1n) is 13.7. The van der Waals surface area contributed by atoms with Gasteiger partial charge in [-0.05, 0) is 56.9 Å². The zero-order valence-corrected chi connectivity index (χ0v) is 26.1. The molecule has 0 bridgehead atoms. The quantitative estimate of drug-likeness (QED) is 0.131. The Balaban J connectivity index is 1.38. The van der Waals surface area contributed by atoms with Crippen LogP contribution in [0.1, 0.15) is 31.9 Å². The van der Waals surface area contributed by atoms with E-state index >= 15 is 0 Å². The van der Waals surface area contributed by atoms with Crippen LogP contribution in [-0.4, -0.2) is 28.1 Å². The number of benzene rings is 3. The average molecular weight is 614 g/mol. The molecule has 3 aromatic heterocycles. The lowest BCUT2D eigenvalue weighted by Crippen LogP contribution is -2.66. The lowest BCUT2D eigenvalue weighted by Gasteiger charge is -2.43. The number of aromatic nitrogens is 4. The van der Waals surface area contributed by atoms with Crippen LogP contribution < -0.4 is 10.4 Å². The Kier molecular flexibility index (Phi) is 7.76. The molecular formula is C33H30Cl2N4O2Si. The van der Waals surface area contributed by atoms with Crippen LogP contribution in [0.15, 0.2) is 108 Å². The van der Waals surface area contributed by atoms with Crippen LogP contribution in [0, 0.1) is 0 Å². The molecule has 3 heterocycles. The van der Waals surface area contributed by atoms with E-state index in [1.165, 1.54) is 16.8 Å². The van der Waals surface area contributed by atoms with Crippen molar-refractivity contribution in [1.29, 1.82) is 0 Å². The summed E-state index contributed by atoms with van der Waals surface area (Å²) in [6, 6.07) is 33.0. The summed E-state index contributed by atoms with van der Waals surface area (Å²) in [5.41, 5.74) is 4.41. The van der Waals surface area contributed by atoms with Crippen LogP contribution in [0.2, 0.25) is 15.2 Å². The first kappa shape index (κ1) is 28.4. The minimum atomic E-state index is -2.71. The molecule has 42 heavy (non-hydrogen) atoms. The van der Waals surface area contributed by atoms with E-state index in [2.05, 4.69) is 107 Å². The maximum absolute atomic E-state index is 7.18. The first-order chi connectivity index (χ1) is 20.2. The second-order valence-electron chi connectivity index (χ2n) is 11.3. The highest BCUT2D eigenvalue weighted by Crippen LogP contribution is 2.37. The summed E-state index contributed by atoms with van der Waals surface area (Å²) in [5, 5.41) is 11.4. The molecule has 0 aliphatic heterocycles. The van der Waals surface area contributed by atoms with E-state index in [1.54, 1.807) is 6.07 Å². The van der Waals surface area contributed by atoms with E-state index in [1.807, 2.05) is 24.3 Å². The van der Waals surface area contributed by atoms with E-state index < -0.39 is 8.32 Å². The molecule has 0 aliphatic rings. The van der Waals surface area contributed by atoms with Gasteiger partial charge in [-0.2, -0.15) is 0 Å². The minimum Gasteiger partial charge on any atom is -0.422 e. The van der Waals surface area contributed by atoms with Crippen molar-refractivity contribution < 1.29 is 8.84 Å². The van der Waals surface area contributed by atoms with E-state index in [-0.39, 0.29) is 5.04 Å². The highest BCUT2D eigenvalue weighted by molar-refractivity contribution is 6.99. The van der Waals surface area contributed by atoms with Gasteiger partial charge in [-0.15, -0.1) is 10.2 Å². The van der Waals surface area contributed by atoms with Gasteiger partial charge in [0.25, 0.3) is 14.2 Å². The number of pyridine rings is 1. The molecule has 0 fully saturated rings. The van der Waals surface area contributed by atoms with Crippen molar-refractivity contribution in [2.75, 3.05) is 0 Å². The van der Waals surface area contributed by atoms with Crippen molar-refractivity contribution >= 4 is 52.9 Å². The number of hydrogen-bond donors (Lipinski definition) is 0. The molecule has 0 radical (unpaired) electrons. The van der Waals surface area contributed by atoms with Crippen molar-refractivity contribution in [3.8, 4) is 11.6 Å². The Morgan fingerprint density at radius 2 is 1.50 bits per heavy atom. The van der Waals surface area contributed by atoms with Gasteiger partial charge >= 0.3 is 0 Å². The Morgan fingerprint density at radius 1 is 0.833 bits per heavy atom. The third kappa shape index (κ3) is 5.41. The van der Waals surface area contributed by atoms with Crippen LogP contribution in [0.3, 0.4) is 0 Å². The van der Waals surface area contributed by atoms with Gasteiger partial charge in [-0.1, -0.05) is 111 Å². The van der Waals surface area contributed by atoms with Crippen molar-refractivity contribution in [1.82, 2.24) is 19.7 Å². The smallest absolute Gasteiger partial charge is 0.264 e. The molecule has 0 spiro atoms. The Labute approximate surface area is 256 Å². The van der Waals surface area contributed by atoms with Gasteiger partial charge in [-0.3, -0.25) is 0 Å². The number of halogens is 2. The monoisotopic (exact) mass is 612 g/mol. The van der Waals surface area contributed by atoms with E-state index in [0.29, 0.717) is 29.2 Å². The summed E-state index contributed by atoms with van der Waals surface area (Å²) in [5.74, 6) is 0.404. The van der Waals surface area contributed by atoms with Crippen molar-refractivity contribution in [3.05, 3.63) is 125 Å². The lowest BCUT2D eigenvalue weighted by atomic mass is 10.1. The van der Waals surface area contributed by atoms with E-state index in [4.69, 9.17) is 32.0 Å². The predicted molar refractivity (Wildman–Crippen MR) is 171 cm³/mol. The molecule has 0 N–H and O–H groups in total. The SMILES string of the molecule is CC(C)(C)[Si](OCc1cc(Cl)cc(Cn2c(-c3nnco3)cc3nc(Cl)ccc32)c1)(c1ccccc1)c1ccccc1.